The number of hydrogen-bond acceptors (Lipinski definition) is 5. The van der Waals surface area contributed by atoms with E-state index in [1.807, 2.05) is 0 Å². The van der Waals surface area contributed by atoms with Crippen molar-refractivity contribution < 1.29 is 9.66 Å². The van der Waals surface area contributed by atoms with Gasteiger partial charge in [-0.1, -0.05) is 6.92 Å². The normalized spacial score (nSPS) is 23.7. The van der Waals surface area contributed by atoms with E-state index in [1.54, 1.807) is 13.0 Å². The zero-order valence-electron chi connectivity index (χ0n) is 10.5. The lowest BCUT2D eigenvalue weighted by Gasteiger charge is -2.30. The molecule has 1 N–H and O–H groups in total. The maximum Gasteiger partial charge on any atom is 0.290 e. The molecule has 0 radical (unpaired) electrons. The van der Waals surface area contributed by atoms with Gasteiger partial charge in [-0.15, -0.1) is 0 Å². The van der Waals surface area contributed by atoms with Gasteiger partial charge in [0.1, 0.15) is 11.5 Å². The number of hydrogen-bond donors (Lipinski definition) is 1. The fourth-order valence-electron chi connectivity index (χ4n) is 2.11. The first-order valence-corrected chi connectivity index (χ1v) is 6.04. The Kier molecular flexibility index (Phi) is 3.76. The van der Waals surface area contributed by atoms with Crippen LogP contribution in [0.1, 0.15) is 19.0 Å². The van der Waals surface area contributed by atoms with Gasteiger partial charge in [0.05, 0.1) is 11.5 Å². The topological polar surface area (TPSA) is 77.3 Å². The van der Waals surface area contributed by atoms with Gasteiger partial charge in [0.15, 0.2) is 0 Å². The molecular weight excluding hydrogens is 234 g/mol. The van der Waals surface area contributed by atoms with Crippen LogP contribution in [0.15, 0.2) is 12.1 Å². The van der Waals surface area contributed by atoms with Gasteiger partial charge < -0.3 is 10.1 Å². The lowest BCUT2D eigenvalue weighted by molar-refractivity contribution is -0.385. The molecule has 2 rings (SSSR count). The number of nitro groups is 1. The first kappa shape index (κ1) is 12.8. The molecule has 1 saturated heterocycles. The van der Waals surface area contributed by atoms with E-state index in [9.17, 15) is 10.1 Å². The minimum Gasteiger partial charge on any atom is -0.381 e. The van der Waals surface area contributed by atoms with Crippen molar-refractivity contribution in [2.24, 2.45) is 5.92 Å². The van der Waals surface area contributed by atoms with Crippen molar-refractivity contribution in [3.05, 3.63) is 27.9 Å². The van der Waals surface area contributed by atoms with Gasteiger partial charge in [0.2, 0.25) is 0 Å². The van der Waals surface area contributed by atoms with Crippen molar-refractivity contribution in [2.45, 2.75) is 26.3 Å². The SMILES string of the molecule is Cc1nc(NC2CCOCC2C)ccc1[N+](=O)[O-]. The summed E-state index contributed by atoms with van der Waals surface area (Å²) in [6.45, 7) is 5.25. The fraction of sp³-hybridized carbons (Fsp3) is 0.583. The summed E-state index contributed by atoms with van der Waals surface area (Å²) in [4.78, 5) is 14.5. The molecule has 2 unspecified atom stereocenters. The number of aryl methyl sites for hydroxylation is 1. The van der Waals surface area contributed by atoms with Crippen molar-refractivity contribution in [1.82, 2.24) is 4.98 Å². The summed E-state index contributed by atoms with van der Waals surface area (Å²) in [7, 11) is 0. The predicted molar refractivity (Wildman–Crippen MR) is 67.6 cm³/mol. The highest BCUT2D eigenvalue weighted by atomic mass is 16.6. The van der Waals surface area contributed by atoms with E-state index >= 15 is 0 Å². The Hall–Kier alpha value is -1.69. The summed E-state index contributed by atoms with van der Waals surface area (Å²) in [5.41, 5.74) is 0.491. The molecule has 98 valence electrons. The summed E-state index contributed by atoms with van der Waals surface area (Å²) in [6.07, 6.45) is 0.929. The van der Waals surface area contributed by atoms with Gasteiger partial charge in [-0.25, -0.2) is 4.98 Å². The highest BCUT2D eigenvalue weighted by Crippen LogP contribution is 2.21. The third kappa shape index (κ3) is 2.76. The lowest BCUT2D eigenvalue weighted by Crippen LogP contribution is -2.36. The number of anilines is 1. The van der Waals surface area contributed by atoms with Crippen molar-refractivity contribution in [3.8, 4) is 0 Å². The number of ether oxygens (including phenoxy) is 1. The molecule has 0 amide bonds. The van der Waals surface area contributed by atoms with Crippen molar-refractivity contribution >= 4 is 11.5 Å². The average molecular weight is 251 g/mol. The highest BCUT2D eigenvalue weighted by molar-refractivity contribution is 5.45. The zero-order chi connectivity index (χ0) is 13.1. The number of pyridine rings is 1. The van der Waals surface area contributed by atoms with Crippen LogP contribution in [0.3, 0.4) is 0 Å². The number of nitrogens with one attached hydrogen (secondary N) is 1. The first-order valence-electron chi connectivity index (χ1n) is 6.04. The van der Waals surface area contributed by atoms with Crippen LogP contribution < -0.4 is 5.32 Å². The standard InChI is InChI=1S/C12H17N3O3/c1-8-7-18-6-5-10(8)14-12-4-3-11(15(16)17)9(2)13-12/h3-4,8,10H,5-7H2,1-2H3,(H,13,14). The van der Waals surface area contributed by atoms with Crippen LogP contribution in [-0.2, 0) is 4.74 Å². The quantitative estimate of drug-likeness (QED) is 0.657. The van der Waals surface area contributed by atoms with E-state index in [1.165, 1.54) is 6.07 Å². The summed E-state index contributed by atoms with van der Waals surface area (Å²) in [6, 6.07) is 3.47. The largest absolute Gasteiger partial charge is 0.381 e. The molecule has 0 aliphatic carbocycles. The Morgan fingerprint density at radius 2 is 2.33 bits per heavy atom. The number of nitrogens with zero attached hydrogens (tertiary/aromatic N) is 2. The monoisotopic (exact) mass is 251 g/mol. The molecule has 18 heavy (non-hydrogen) atoms. The van der Waals surface area contributed by atoms with Gasteiger partial charge in [-0.05, 0) is 25.3 Å². The Morgan fingerprint density at radius 3 is 2.94 bits per heavy atom. The van der Waals surface area contributed by atoms with E-state index in [4.69, 9.17) is 4.74 Å². The summed E-state index contributed by atoms with van der Waals surface area (Å²) in [5, 5.41) is 14.0. The summed E-state index contributed by atoms with van der Waals surface area (Å²) < 4.78 is 5.37. The van der Waals surface area contributed by atoms with E-state index in [0.717, 1.165) is 19.6 Å². The molecule has 0 spiro atoms. The Morgan fingerprint density at radius 1 is 1.56 bits per heavy atom. The van der Waals surface area contributed by atoms with Gasteiger partial charge in [0.25, 0.3) is 5.69 Å². The van der Waals surface area contributed by atoms with Crippen LogP contribution in [-0.4, -0.2) is 29.2 Å². The molecule has 1 aromatic heterocycles. The van der Waals surface area contributed by atoms with Crippen molar-refractivity contribution in [1.29, 1.82) is 0 Å². The molecule has 2 heterocycles. The molecule has 0 saturated carbocycles. The van der Waals surface area contributed by atoms with E-state index < -0.39 is 4.92 Å². The van der Waals surface area contributed by atoms with Gasteiger partial charge in [-0.2, -0.15) is 0 Å². The van der Waals surface area contributed by atoms with Crippen molar-refractivity contribution in [3.63, 3.8) is 0 Å². The van der Waals surface area contributed by atoms with E-state index in [2.05, 4.69) is 17.2 Å². The second-order valence-corrected chi connectivity index (χ2v) is 4.65. The molecule has 6 heteroatoms. The predicted octanol–water partition coefficient (Wildman–Crippen LogP) is 2.14. The number of rotatable bonds is 3. The van der Waals surface area contributed by atoms with Gasteiger partial charge in [0, 0.05) is 18.7 Å². The number of aromatic nitrogens is 1. The van der Waals surface area contributed by atoms with Crippen LogP contribution in [0.2, 0.25) is 0 Å². The second-order valence-electron chi connectivity index (χ2n) is 4.65. The van der Waals surface area contributed by atoms with E-state index in [0.29, 0.717) is 23.5 Å². The Labute approximate surface area is 106 Å². The molecule has 0 aromatic carbocycles. The minimum atomic E-state index is -0.414. The lowest BCUT2D eigenvalue weighted by atomic mass is 9.98. The smallest absolute Gasteiger partial charge is 0.290 e. The molecular formula is C12H17N3O3. The van der Waals surface area contributed by atoms with Crippen LogP contribution in [0, 0.1) is 23.0 Å². The molecule has 1 aromatic rings. The molecule has 0 bridgehead atoms. The molecule has 6 nitrogen and oxygen atoms in total. The Balaban J connectivity index is 2.10. The average Bonchev–Trinajstić information content (AvgIpc) is 2.32. The Bertz CT molecular complexity index is 450. The highest BCUT2D eigenvalue weighted by Gasteiger charge is 2.22. The molecule has 1 fully saturated rings. The maximum atomic E-state index is 10.7. The summed E-state index contributed by atoms with van der Waals surface area (Å²) >= 11 is 0. The summed E-state index contributed by atoms with van der Waals surface area (Å²) in [5.74, 6) is 1.10. The molecule has 1 aliphatic rings. The van der Waals surface area contributed by atoms with Crippen LogP contribution in [0.25, 0.3) is 0 Å². The van der Waals surface area contributed by atoms with Gasteiger partial charge >= 0.3 is 0 Å². The van der Waals surface area contributed by atoms with Crippen LogP contribution in [0.4, 0.5) is 11.5 Å². The molecule has 1 aliphatic heterocycles. The van der Waals surface area contributed by atoms with Crippen LogP contribution in [0.5, 0.6) is 0 Å². The van der Waals surface area contributed by atoms with Crippen LogP contribution >= 0.6 is 0 Å². The fourth-order valence-corrected chi connectivity index (χ4v) is 2.11. The van der Waals surface area contributed by atoms with E-state index in [-0.39, 0.29) is 5.69 Å². The van der Waals surface area contributed by atoms with Crippen molar-refractivity contribution in [2.75, 3.05) is 18.5 Å². The first-order chi connectivity index (χ1) is 8.58. The zero-order valence-corrected chi connectivity index (χ0v) is 10.5. The third-order valence-corrected chi connectivity index (χ3v) is 3.23. The molecule has 2 atom stereocenters. The third-order valence-electron chi connectivity index (χ3n) is 3.23. The minimum absolute atomic E-state index is 0.0561. The van der Waals surface area contributed by atoms with Gasteiger partial charge in [-0.3, -0.25) is 10.1 Å². The second kappa shape index (κ2) is 5.30. The maximum absolute atomic E-state index is 10.7.